The van der Waals surface area contributed by atoms with Crippen molar-refractivity contribution in [3.05, 3.63) is 35.4 Å². The number of rotatable bonds is 4. The molecular weight excluding hydrogens is 238 g/mol. The van der Waals surface area contributed by atoms with Gasteiger partial charge in [0.2, 0.25) is 0 Å². The summed E-state index contributed by atoms with van der Waals surface area (Å²) in [5.41, 5.74) is 11.9. The molecule has 1 aliphatic heterocycles. The summed E-state index contributed by atoms with van der Waals surface area (Å²) in [6.07, 6.45) is -1.29. The molecule has 2 atom stereocenters. The molecule has 1 fully saturated rings. The van der Waals surface area contributed by atoms with E-state index in [0.29, 0.717) is 12.0 Å². The minimum atomic E-state index is -1.02. The van der Waals surface area contributed by atoms with Gasteiger partial charge in [0.25, 0.3) is 0 Å². The Morgan fingerprint density at radius 2 is 2.22 bits per heavy atom. The highest BCUT2D eigenvalue weighted by atomic mass is 16.7. The number of primary amides is 1. The van der Waals surface area contributed by atoms with Crippen LogP contribution in [0.1, 0.15) is 11.1 Å². The number of aliphatic hydroxyl groups excluding tert-OH is 1. The number of nitrogens with zero attached hydrogens (tertiary/aromatic N) is 1. The molecule has 1 amide bonds. The predicted octanol–water partition coefficient (Wildman–Crippen LogP) is -0.338. The van der Waals surface area contributed by atoms with Crippen molar-refractivity contribution in [2.45, 2.75) is 18.8 Å². The molecular formula is C11H13N3O4. The van der Waals surface area contributed by atoms with Gasteiger partial charge >= 0.3 is 6.09 Å². The van der Waals surface area contributed by atoms with Gasteiger partial charge in [-0.2, -0.15) is 0 Å². The summed E-state index contributed by atoms with van der Waals surface area (Å²) in [4.78, 5) is 14.6. The van der Waals surface area contributed by atoms with E-state index in [-0.39, 0.29) is 11.9 Å². The van der Waals surface area contributed by atoms with Crippen molar-refractivity contribution < 1.29 is 19.5 Å². The van der Waals surface area contributed by atoms with Crippen molar-refractivity contribution in [3.8, 4) is 0 Å². The number of amidine groups is 1. The van der Waals surface area contributed by atoms with Gasteiger partial charge in [-0.1, -0.05) is 23.4 Å². The van der Waals surface area contributed by atoms with E-state index in [0.717, 1.165) is 5.56 Å². The van der Waals surface area contributed by atoms with Crippen LogP contribution in [0.2, 0.25) is 0 Å². The van der Waals surface area contributed by atoms with E-state index in [9.17, 15) is 4.79 Å². The molecule has 0 radical (unpaired) electrons. The zero-order valence-corrected chi connectivity index (χ0v) is 9.45. The van der Waals surface area contributed by atoms with Gasteiger partial charge in [0, 0.05) is 12.0 Å². The highest BCUT2D eigenvalue weighted by molar-refractivity contribution is 5.97. The molecule has 7 heteroatoms. The van der Waals surface area contributed by atoms with Gasteiger partial charge in [0.1, 0.15) is 6.10 Å². The van der Waals surface area contributed by atoms with Crippen LogP contribution in [0.15, 0.2) is 29.4 Å². The number of nitrogens with two attached hydrogens (primary N) is 2. The lowest BCUT2D eigenvalue weighted by Crippen LogP contribution is -2.17. The number of epoxide rings is 1. The molecule has 1 saturated heterocycles. The van der Waals surface area contributed by atoms with E-state index >= 15 is 0 Å². The first-order chi connectivity index (χ1) is 8.56. The maximum atomic E-state index is 10.4. The number of ether oxygens (including phenoxy) is 1. The fourth-order valence-corrected chi connectivity index (χ4v) is 1.52. The average Bonchev–Trinajstić information content (AvgIpc) is 3.02. The molecule has 96 valence electrons. The first-order valence-electron chi connectivity index (χ1n) is 5.29. The van der Waals surface area contributed by atoms with Gasteiger partial charge in [0.15, 0.2) is 12.1 Å². The van der Waals surface area contributed by atoms with Gasteiger partial charge in [-0.15, -0.1) is 0 Å². The van der Waals surface area contributed by atoms with Crippen LogP contribution >= 0.6 is 0 Å². The fourth-order valence-electron chi connectivity index (χ4n) is 1.52. The first-order valence-corrected chi connectivity index (χ1v) is 5.29. The third kappa shape index (κ3) is 3.19. The molecule has 1 aliphatic rings. The van der Waals surface area contributed by atoms with Crippen molar-refractivity contribution >= 4 is 11.9 Å². The van der Waals surface area contributed by atoms with Crippen LogP contribution in [0.3, 0.4) is 0 Å². The lowest BCUT2D eigenvalue weighted by molar-refractivity contribution is 0.156. The van der Waals surface area contributed by atoms with E-state index < -0.39 is 12.4 Å². The monoisotopic (exact) mass is 251 g/mol. The van der Waals surface area contributed by atoms with Crippen LogP contribution in [0.25, 0.3) is 0 Å². The number of aliphatic hydroxyl groups is 1. The quantitative estimate of drug-likeness (QED) is 0.222. The molecule has 0 bridgehead atoms. The third-order valence-electron chi connectivity index (χ3n) is 2.45. The first kappa shape index (κ1) is 12.3. The topological polar surface area (TPSA) is 123 Å². The second kappa shape index (κ2) is 5.03. The predicted molar refractivity (Wildman–Crippen MR) is 62.4 cm³/mol. The Balaban J connectivity index is 2.06. The summed E-state index contributed by atoms with van der Waals surface area (Å²) in [6.45, 7) is 0. The highest BCUT2D eigenvalue weighted by Gasteiger charge is 2.36. The van der Waals surface area contributed by atoms with Gasteiger partial charge in [-0.25, -0.2) is 4.79 Å². The second-order valence-electron chi connectivity index (χ2n) is 3.86. The summed E-state index contributed by atoms with van der Waals surface area (Å²) >= 11 is 0. The number of hydrogen-bond acceptors (Lipinski definition) is 5. The van der Waals surface area contributed by atoms with Crippen LogP contribution in [-0.2, 0) is 16.0 Å². The minimum absolute atomic E-state index is 0.0490. The number of carbonyl (C=O) groups excluding carboxylic acids is 1. The zero-order chi connectivity index (χ0) is 13.1. The van der Waals surface area contributed by atoms with Crippen molar-refractivity contribution in [1.82, 2.24) is 0 Å². The minimum Gasteiger partial charge on any atom is -0.380 e. The molecule has 5 N–H and O–H groups in total. The summed E-state index contributed by atoms with van der Waals surface area (Å²) in [5, 5.41) is 12.5. The van der Waals surface area contributed by atoms with Gasteiger partial charge in [-0.05, 0) is 11.6 Å². The molecule has 0 aliphatic carbocycles. The van der Waals surface area contributed by atoms with Crippen LogP contribution in [-0.4, -0.2) is 29.4 Å². The maximum absolute atomic E-state index is 10.4. The number of hydrogen-bond donors (Lipinski definition) is 3. The van der Waals surface area contributed by atoms with E-state index in [1.54, 1.807) is 18.2 Å². The number of amides is 1. The Labute approximate surface area is 103 Å². The Bertz CT molecular complexity index is 489. The fraction of sp³-hybridized carbons (Fsp3) is 0.273. The molecule has 1 aromatic rings. The van der Waals surface area contributed by atoms with E-state index in [1.807, 2.05) is 6.07 Å². The Kier molecular flexibility index (Phi) is 3.45. The lowest BCUT2D eigenvalue weighted by Gasteiger charge is -2.03. The van der Waals surface area contributed by atoms with Crippen LogP contribution in [0.4, 0.5) is 4.79 Å². The Morgan fingerprint density at radius 1 is 1.50 bits per heavy atom. The van der Waals surface area contributed by atoms with Crippen molar-refractivity contribution in [2.75, 3.05) is 0 Å². The summed E-state index contributed by atoms with van der Waals surface area (Å²) in [7, 11) is 0. The summed E-state index contributed by atoms with van der Waals surface area (Å²) < 4.78 is 4.91. The second-order valence-corrected chi connectivity index (χ2v) is 3.86. The molecule has 0 aromatic heterocycles. The summed E-state index contributed by atoms with van der Waals surface area (Å²) in [6, 6.07) is 7.15. The van der Waals surface area contributed by atoms with Gasteiger partial charge in [-0.3, -0.25) is 4.84 Å². The Hall–Kier alpha value is -2.12. The lowest BCUT2D eigenvalue weighted by atomic mass is 10.1. The zero-order valence-electron chi connectivity index (χ0n) is 9.45. The molecule has 0 spiro atoms. The number of carbonyl (C=O) groups is 1. The molecule has 1 heterocycles. The molecule has 7 nitrogen and oxygen atoms in total. The van der Waals surface area contributed by atoms with Crippen LogP contribution in [0, 0.1) is 0 Å². The Morgan fingerprint density at radius 3 is 2.83 bits per heavy atom. The largest absolute Gasteiger partial charge is 0.430 e. The molecule has 2 unspecified atom stereocenters. The van der Waals surface area contributed by atoms with E-state index in [1.165, 1.54) is 0 Å². The van der Waals surface area contributed by atoms with E-state index in [4.69, 9.17) is 21.3 Å². The number of oxime groups is 1. The van der Waals surface area contributed by atoms with Gasteiger partial charge < -0.3 is 21.3 Å². The smallest absolute Gasteiger partial charge is 0.380 e. The summed E-state index contributed by atoms with van der Waals surface area (Å²) in [5.74, 6) is 0.0490. The molecule has 0 saturated carbocycles. The molecule has 1 aromatic carbocycles. The van der Waals surface area contributed by atoms with E-state index in [2.05, 4.69) is 9.99 Å². The molecule has 18 heavy (non-hydrogen) atoms. The highest BCUT2D eigenvalue weighted by Crippen LogP contribution is 2.23. The maximum Gasteiger partial charge on any atom is 0.430 e. The number of benzene rings is 1. The average molecular weight is 251 g/mol. The van der Waals surface area contributed by atoms with Crippen LogP contribution < -0.4 is 11.5 Å². The van der Waals surface area contributed by atoms with Crippen molar-refractivity contribution in [1.29, 1.82) is 0 Å². The third-order valence-corrected chi connectivity index (χ3v) is 2.45. The van der Waals surface area contributed by atoms with Crippen molar-refractivity contribution in [2.24, 2.45) is 16.6 Å². The van der Waals surface area contributed by atoms with Gasteiger partial charge in [0.05, 0.1) is 0 Å². The normalized spacial score (nSPS) is 22.6. The molecule has 2 rings (SSSR count). The van der Waals surface area contributed by atoms with Crippen LogP contribution in [0.5, 0.6) is 0 Å². The van der Waals surface area contributed by atoms with Crippen molar-refractivity contribution in [3.63, 3.8) is 0 Å². The SMILES string of the molecule is NC(=O)O/N=C(\N)c1cccc(CC2OC2O)c1. The standard InChI is InChI=1S/C11H13N3O4/c12-9(14-18-11(13)16)7-3-1-2-6(4-7)5-8-10(15)17-8/h1-4,8,10,15H,5H2,(H2,12,14)(H2,13,16).